The van der Waals surface area contributed by atoms with Crippen molar-refractivity contribution >= 4 is 28.2 Å². The molecule has 1 aromatic rings. The van der Waals surface area contributed by atoms with Crippen LogP contribution in [0, 0.1) is 0 Å². The van der Waals surface area contributed by atoms with Crippen LogP contribution in [0.3, 0.4) is 0 Å². The van der Waals surface area contributed by atoms with Crippen molar-refractivity contribution in [3.8, 4) is 0 Å². The molecule has 70 valence electrons. The maximum absolute atomic E-state index is 5.11. The predicted molar refractivity (Wildman–Crippen MR) is 65.3 cm³/mol. The highest BCUT2D eigenvalue weighted by atomic mass is 32.2. The van der Waals surface area contributed by atoms with Gasteiger partial charge in [0.1, 0.15) is 0 Å². The van der Waals surface area contributed by atoms with Gasteiger partial charge in [0.05, 0.1) is 0 Å². The number of thiocarbonyl (C=S) groups is 1. The Morgan fingerprint density at radius 3 is 2.23 bits per heavy atom. The Balaban J connectivity index is 2.87. The van der Waals surface area contributed by atoms with E-state index in [1.54, 1.807) is 11.8 Å². The molecule has 0 unspecified atom stereocenters. The molecular formula is C11H14S2. The molecule has 1 aromatic carbocycles. The molecule has 0 fully saturated rings. The Bertz CT molecular complexity index is 288. The molecule has 0 nitrogen and oxygen atoms in total. The molecule has 0 saturated heterocycles. The standard InChI is InChI=1S/C11H14S2/c1-9(12)13-11(2,3)10-7-5-4-6-8-10/h4-8H,1-3H3. The molecule has 0 spiro atoms. The first-order valence-corrected chi connectivity index (χ1v) is 5.50. The van der Waals surface area contributed by atoms with Gasteiger partial charge in [-0.3, -0.25) is 0 Å². The molecule has 0 radical (unpaired) electrons. The molecule has 0 amide bonds. The fourth-order valence-electron chi connectivity index (χ4n) is 1.26. The highest BCUT2D eigenvalue weighted by molar-refractivity contribution is 8.23. The van der Waals surface area contributed by atoms with Crippen molar-refractivity contribution in [1.82, 2.24) is 0 Å². The van der Waals surface area contributed by atoms with Crippen LogP contribution in [0.2, 0.25) is 0 Å². The number of hydrogen-bond donors (Lipinski definition) is 0. The molecular weight excluding hydrogens is 196 g/mol. The summed E-state index contributed by atoms with van der Waals surface area (Å²) in [4.78, 5) is 0. The van der Waals surface area contributed by atoms with Crippen LogP contribution in [-0.4, -0.2) is 4.20 Å². The summed E-state index contributed by atoms with van der Waals surface area (Å²) in [5, 5.41) is 0. The fourth-order valence-corrected chi connectivity index (χ4v) is 2.86. The molecule has 0 bridgehead atoms. The molecule has 0 saturated carbocycles. The summed E-state index contributed by atoms with van der Waals surface area (Å²) in [6.07, 6.45) is 0. The van der Waals surface area contributed by atoms with Crippen LogP contribution in [0.15, 0.2) is 30.3 Å². The third kappa shape index (κ3) is 3.12. The summed E-state index contributed by atoms with van der Waals surface area (Å²) in [6.45, 7) is 6.37. The normalized spacial score (nSPS) is 11.3. The Hall–Kier alpha value is -0.340. The number of thioether (sulfide) groups is 1. The van der Waals surface area contributed by atoms with E-state index in [-0.39, 0.29) is 4.75 Å². The monoisotopic (exact) mass is 210 g/mol. The summed E-state index contributed by atoms with van der Waals surface area (Å²) in [6, 6.07) is 10.5. The van der Waals surface area contributed by atoms with Crippen LogP contribution >= 0.6 is 24.0 Å². The Morgan fingerprint density at radius 2 is 1.77 bits per heavy atom. The average Bonchev–Trinajstić information content (AvgIpc) is 2.04. The SMILES string of the molecule is CC(=S)SC(C)(C)c1ccccc1. The zero-order valence-corrected chi connectivity index (χ0v) is 9.84. The van der Waals surface area contributed by atoms with Gasteiger partial charge in [-0.1, -0.05) is 42.5 Å². The topological polar surface area (TPSA) is 0 Å². The van der Waals surface area contributed by atoms with Crippen LogP contribution in [0.5, 0.6) is 0 Å². The average molecular weight is 210 g/mol. The van der Waals surface area contributed by atoms with Gasteiger partial charge in [-0.05, 0) is 26.3 Å². The van der Waals surface area contributed by atoms with Gasteiger partial charge in [-0.2, -0.15) is 0 Å². The summed E-state index contributed by atoms with van der Waals surface area (Å²) < 4.78 is 1.08. The Kier molecular flexibility index (Phi) is 3.51. The first-order chi connectivity index (χ1) is 6.02. The lowest BCUT2D eigenvalue weighted by molar-refractivity contribution is 0.788. The van der Waals surface area contributed by atoms with Gasteiger partial charge in [0.15, 0.2) is 0 Å². The fraction of sp³-hybridized carbons (Fsp3) is 0.364. The molecule has 0 atom stereocenters. The van der Waals surface area contributed by atoms with Crippen LogP contribution < -0.4 is 0 Å². The summed E-state index contributed by atoms with van der Waals surface area (Å²) in [5.74, 6) is 0. The van der Waals surface area contributed by atoms with Crippen molar-refractivity contribution in [3.63, 3.8) is 0 Å². The van der Waals surface area contributed by atoms with Crippen molar-refractivity contribution < 1.29 is 0 Å². The van der Waals surface area contributed by atoms with Crippen LogP contribution in [0.1, 0.15) is 26.3 Å². The largest absolute Gasteiger partial charge is 0.108 e. The van der Waals surface area contributed by atoms with Gasteiger partial charge < -0.3 is 0 Å². The van der Waals surface area contributed by atoms with E-state index < -0.39 is 0 Å². The van der Waals surface area contributed by atoms with Gasteiger partial charge in [-0.25, -0.2) is 0 Å². The molecule has 2 heteroatoms. The Labute approximate surface area is 89.7 Å². The van der Waals surface area contributed by atoms with Gasteiger partial charge in [-0.15, -0.1) is 11.8 Å². The van der Waals surface area contributed by atoms with E-state index in [1.807, 2.05) is 13.0 Å². The van der Waals surface area contributed by atoms with Gasteiger partial charge in [0.2, 0.25) is 0 Å². The zero-order chi connectivity index (χ0) is 9.90. The molecule has 0 aliphatic carbocycles. The number of hydrogen-bond acceptors (Lipinski definition) is 2. The van der Waals surface area contributed by atoms with E-state index in [9.17, 15) is 0 Å². The predicted octanol–water partition coefficient (Wildman–Crippen LogP) is 4.00. The first-order valence-electron chi connectivity index (χ1n) is 4.27. The summed E-state index contributed by atoms with van der Waals surface area (Å²) in [7, 11) is 0. The Morgan fingerprint density at radius 1 is 1.23 bits per heavy atom. The van der Waals surface area contributed by atoms with E-state index in [0.717, 1.165) is 4.20 Å². The minimum Gasteiger partial charge on any atom is -0.108 e. The van der Waals surface area contributed by atoms with Gasteiger partial charge in [0, 0.05) is 8.94 Å². The van der Waals surface area contributed by atoms with E-state index in [2.05, 4.69) is 38.1 Å². The lowest BCUT2D eigenvalue weighted by Gasteiger charge is -2.23. The van der Waals surface area contributed by atoms with Crippen LogP contribution in [0.4, 0.5) is 0 Å². The molecule has 0 aromatic heterocycles. The van der Waals surface area contributed by atoms with Crippen LogP contribution in [-0.2, 0) is 4.75 Å². The summed E-state index contributed by atoms with van der Waals surface area (Å²) >= 11 is 6.85. The van der Waals surface area contributed by atoms with Crippen molar-refractivity contribution in [3.05, 3.63) is 35.9 Å². The maximum Gasteiger partial charge on any atom is 0.0455 e. The molecule has 0 aliphatic rings. The highest BCUT2D eigenvalue weighted by Crippen LogP contribution is 2.36. The molecule has 1 rings (SSSR count). The van der Waals surface area contributed by atoms with Crippen LogP contribution in [0.25, 0.3) is 0 Å². The van der Waals surface area contributed by atoms with Crippen molar-refractivity contribution in [2.24, 2.45) is 0 Å². The third-order valence-electron chi connectivity index (χ3n) is 1.87. The number of rotatable bonds is 2. The lowest BCUT2D eigenvalue weighted by Crippen LogP contribution is -2.13. The van der Waals surface area contributed by atoms with Gasteiger partial charge >= 0.3 is 0 Å². The quantitative estimate of drug-likeness (QED) is 0.677. The lowest BCUT2D eigenvalue weighted by atomic mass is 10.0. The van der Waals surface area contributed by atoms with E-state index in [0.29, 0.717) is 0 Å². The second-order valence-electron chi connectivity index (χ2n) is 3.47. The van der Waals surface area contributed by atoms with E-state index in [4.69, 9.17) is 12.2 Å². The van der Waals surface area contributed by atoms with Crippen molar-refractivity contribution in [2.75, 3.05) is 0 Å². The second kappa shape index (κ2) is 4.25. The van der Waals surface area contributed by atoms with Gasteiger partial charge in [0.25, 0.3) is 0 Å². The zero-order valence-electron chi connectivity index (χ0n) is 8.20. The van der Waals surface area contributed by atoms with Crippen molar-refractivity contribution in [1.29, 1.82) is 0 Å². The molecule has 13 heavy (non-hydrogen) atoms. The number of benzene rings is 1. The highest BCUT2D eigenvalue weighted by Gasteiger charge is 2.21. The summed E-state index contributed by atoms with van der Waals surface area (Å²) in [5.41, 5.74) is 1.32. The third-order valence-corrected chi connectivity index (χ3v) is 3.15. The second-order valence-corrected chi connectivity index (χ2v) is 6.18. The first kappa shape index (κ1) is 10.7. The van der Waals surface area contributed by atoms with Crippen molar-refractivity contribution in [2.45, 2.75) is 25.5 Å². The minimum absolute atomic E-state index is 0.0904. The molecule has 0 heterocycles. The smallest absolute Gasteiger partial charge is 0.0455 e. The van der Waals surface area contributed by atoms with E-state index in [1.165, 1.54) is 5.56 Å². The molecule has 0 aliphatic heterocycles. The van der Waals surface area contributed by atoms with E-state index >= 15 is 0 Å². The molecule has 0 N–H and O–H groups in total. The maximum atomic E-state index is 5.11. The minimum atomic E-state index is 0.0904.